The van der Waals surface area contributed by atoms with E-state index in [4.69, 9.17) is 0 Å². The summed E-state index contributed by atoms with van der Waals surface area (Å²) in [5.41, 5.74) is 2.06. The highest BCUT2D eigenvalue weighted by Crippen LogP contribution is 2.36. The first kappa shape index (κ1) is 8.68. The maximum absolute atomic E-state index is 10.7. The zero-order valence-electron chi connectivity index (χ0n) is 7.65. The Kier molecular flexibility index (Phi) is 1.92. The maximum atomic E-state index is 10.7. The van der Waals surface area contributed by atoms with Crippen molar-refractivity contribution in [3.63, 3.8) is 0 Å². The van der Waals surface area contributed by atoms with Gasteiger partial charge in [-0.2, -0.15) is 0 Å². The third-order valence-corrected chi connectivity index (χ3v) is 2.05. The molecular formula is C9H9N3O2. The molecule has 0 fully saturated rings. The molecule has 0 amide bonds. The first-order chi connectivity index (χ1) is 6.68. The Hall–Kier alpha value is -1.91. The van der Waals surface area contributed by atoms with Crippen LogP contribution in [0.2, 0.25) is 0 Å². The lowest BCUT2D eigenvalue weighted by molar-refractivity contribution is -0.384. The standard InChI is InChI=1S/C9H9N3O2/c1-6-5-10-7-3-2-4-8(12(13)14)9(7)11-6/h2-4,10H,5H2,1H3. The first-order valence-electron chi connectivity index (χ1n) is 4.24. The topological polar surface area (TPSA) is 67.5 Å². The molecule has 2 rings (SSSR count). The molecule has 1 heterocycles. The maximum Gasteiger partial charge on any atom is 0.296 e. The van der Waals surface area contributed by atoms with Crippen LogP contribution in [0.5, 0.6) is 0 Å². The van der Waals surface area contributed by atoms with Crippen molar-refractivity contribution >= 4 is 22.8 Å². The van der Waals surface area contributed by atoms with Gasteiger partial charge in [-0.3, -0.25) is 10.1 Å². The summed E-state index contributed by atoms with van der Waals surface area (Å²) in [6, 6.07) is 4.90. The van der Waals surface area contributed by atoms with Crippen LogP contribution in [0.3, 0.4) is 0 Å². The first-order valence-corrected chi connectivity index (χ1v) is 4.24. The molecule has 5 nitrogen and oxygen atoms in total. The van der Waals surface area contributed by atoms with Crippen molar-refractivity contribution in [1.29, 1.82) is 0 Å². The number of anilines is 1. The Labute approximate surface area is 80.6 Å². The summed E-state index contributed by atoms with van der Waals surface area (Å²) >= 11 is 0. The Morgan fingerprint density at radius 2 is 2.36 bits per heavy atom. The van der Waals surface area contributed by atoms with Gasteiger partial charge in [-0.15, -0.1) is 0 Å². The number of nitrogens with one attached hydrogen (secondary N) is 1. The molecule has 0 bridgehead atoms. The van der Waals surface area contributed by atoms with Crippen LogP contribution in [0.25, 0.3) is 0 Å². The van der Waals surface area contributed by atoms with Crippen LogP contribution in [0, 0.1) is 10.1 Å². The summed E-state index contributed by atoms with van der Waals surface area (Å²) in [6.45, 7) is 2.49. The van der Waals surface area contributed by atoms with Crippen LogP contribution in [-0.2, 0) is 0 Å². The van der Waals surface area contributed by atoms with Crippen molar-refractivity contribution in [2.24, 2.45) is 4.99 Å². The summed E-state index contributed by atoms with van der Waals surface area (Å²) in [4.78, 5) is 14.5. The molecule has 0 radical (unpaired) electrons. The van der Waals surface area contributed by atoms with Gasteiger partial charge in [0.05, 0.1) is 17.2 Å². The fourth-order valence-corrected chi connectivity index (χ4v) is 1.39. The Morgan fingerprint density at radius 1 is 1.57 bits per heavy atom. The molecule has 5 heteroatoms. The number of para-hydroxylation sites is 1. The number of rotatable bonds is 1. The zero-order chi connectivity index (χ0) is 10.1. The van der Waals surface area contributed by atoms with Gasteiger partial charge in [0.15, 0.2) is 5.69 Å². The van der Waals surface area contributed by atoms with Crippen LogP contribution in [0.15, 0.2) is 23.2 Å². The fraction of sp³-hybridized carbons (Fsp3) is 0.222. The van der Waals surface area contributed by atoms with Crippen molar-refractivity contribution < 1.29 is 4.92 Å². The average molecular weight is 191 g/mol. The summed E-state index contributed by atoms with van der Waals surface area (Å²) in [5.74, 6) is 0. The van der Waals surface area contributed by atoms with E-state index < -0.39 is 4.92 Å². The van der Waals surface area contributed by atoms with Crippen molar-refractivity contribution in [2.45, 2.75) is 6.92 Å². The Bertz CT molecular complexity index is 426. The second-order valence-corrected chi connectivity index (χ2v) is 3.13. The molecule has 1 aliphatic rings. The van der Waals surface area contributed by atoms with Gasteiger partial charge >= 0.3 is 0 Å². The number of hydrogen-bond acceptors (Lipinski definition) is 4. The number of hydrogen-bond donors (Lipinski definition) is 1. The monoisotopic (exact) mass is 191 g/mol. The molecule has 14 heavy (non-hydrogen) atoms. The average Bonchev–Trinajstić information content (AvgIpc) is 2.16. The molecule has 1 aromatic rings. The lowest BCUT2D eigenvalue weighted by Gasteiger charge is -2.14. The van der Waals surface area contributed by atoms with Crippen LogP contribution < -0.4 is 5.32 Å². The number of nitrogens with zero attached hydrogens (tertiary/aromatic N) is 2. The molecular weight excluding hydrogens is 182 g/mol. The summed E-state index contributed by atoms with van der Waals surface area (Å²) in [5, 5.41) is 13.8. The molecule has 72 valence electrons. The number of benzene rings is 1. The molecule has 0 aliphatic carbocycles. The molecule has 1 N–H and O–H groups in total. The van der Waals surface area contributed by atoms with E-state index in [2.05, 4.69) is 10.3 Å². The number of fused-ring (bicyclic) bond motifs is 1. The van der Waals surface area contributed by atoms with Crippen molar-refractivity contribution in [3.05, 3.63) is 28.3 Å². The highest BCUT2D eigenvalue weighted by atomic mass is 16.6. The van der Waals surface area contributed by atoms with Gasteiger partial charge in [-0.1, -0.05) is 6.07 Å². The van der Waals surface area contributed by atoms with Gasteiger partial charge < -0.3 is 5.32 Å². The SMILES string of the molecule is CC1=Nc2c(cccc2[N+](=O)[O-])NC1. The van der Waals surface area contributed by atoms with Crippen molar-refractivity contribution in [2.75, 3.05) is 11.9 Å². The third-order valence-electron chi connectivity index (χ3n) is 2.05. The molecule has 1 aliphatic heterocycles. The largest absolute Gasteiger partial charge is 0.378 e. The molecule has 0 saturated carbocycles. The normalized spacial score (nSPS) is 13.9. The minimum atomic E-state index is -0.414. The molecule has 1 aromatic carbocycles. The van der Waals surface area contributed by atoms with E-state index in [1.54, 1.807) is 12.1 Å². The Morgan fingerprint density at radius 3 is 3.07 bits per heavy atom. The van der Waals surface area contributed by atoms with Crippen LogP contribution in [0.1, 0.15) is 6.92 Å². The quantitative estimate of drug-likeness (QED) is 0.546. The molecule has 0 spiro atoms. The van der Waals surface area contributed by atoms with Gasteiger partial charge in [-0.25, -0.2) is 4.99 Å². The molecule has 0 atom stereocenters. The van der Waals surface area contributed by atoms with E-state index in [9.17, 15) is 10.1 Å². The molecule has 0 saturated heterocycles. The van der Waals surface area contributed by atoms with E-state index in [0.29, 0.717) is 12.2 Å². The van der Waals surface area contributed by atoms with Crippen LogP contribution in [-0.4, -0.2) is 17.2 Å². The summed E-state index contributed by atoms with van der Waals surface area (Å²) < 4.78 is 0. The van der Waals surface area contributed by atoms with Gasteiger partial charge in [0.1, 0.15) is 0 Å². The second kappa shape index (κ2) is 3.10. The molecule has 0 aromatic heterocycles. The summed E-state index contributed by atoms with van der Waals surface area (Å²) in [7, 11) is 0. The van der Waals surface area contributed by atoms with E-state index in [-0.39, 0.29) is 5.69 Å². The van der Waals surface area contributed by atoms with E-state index in [1.165, 1.54) is 6.07 Å². The Balaban J connectivity index is 2.61. The lowest BCUT2D eigenvalue weighted by Crippen LogP contribution is -2.14. The minimum absolute atomic E-state index is 0.0500. The van der Waals surface area contributed by atoms with E-state index in [1.807, 2.05) is 6.92 Å². The lowest BCUT2D eigenvalue weighted by atomic mass is 10.2. The predicted molar refractivity (Wildman–Crippen MR) is 54.4 cm³/mol. The predicted octanol–water partition coefficient (Wildman–Crippen LogP) is 2.11. The van der Waals surface area contributed by atoms with Gasteiger partial charge in [0.2, 0.25) is 0 Å². The number of nitro benzene ring substituents is 1. The van der Waals surface area contributed by atoms with E-state index in [0.717, 1.165) is 11.4 Å². The molecule has 0 unspecified atom stereocenters. The zero-order valence-corrected chi connectivity index (χ0v) is 7.65. The van der Waals surface area contributed by atoms with Gasteiger partial charge in [0.25, 0.3) is 5.69 Å². The number of nitro groups is 1. The minimum Gasteiger partial charge on any atom is -0.378 e. The van der Waals surface area contributed by atoms with Gasteiger partial charge in [0, 0.05) is 11.8 Å². The van der Waals surface area contributed by atoms with Crippen LogP contribution in [0.4, 0.5) is 17.1 Å². The van der Waals surface area contributed by atoms with Crippen LogP contribution >= 0.6 is 0 Å². The summed E-state index contributed by atoms with van der Waals surface area (Å²) in [6.07, 6.45) is 0. The second-order valence-electron chi connectivity index (χ2n) is 3.13. The van der Waals surface area contributed by atoms with Crippen molar-refractivity contribution in [1.82, 2.24) is 0 Å². The van der Waals surface area contributed by atoms with E-state index >= 15 is 0 Å². The third kappa shape index (κ3) is 1.32. The van der Waals surface area contributed by atoms with Gasteiger partial charge in [-0.05, 0) is 13.0 Å². The highest BCUT2D eigenvalue weighted by molar-refractivity contribution is 5.95. The fourth-order valence-electron chi connectivity index (χ4n) is 1.39. The van der Waals surface area contributed by atoms with Crippen molar-refractivity contribution in [3.8, 4) is 0 Å². The number of aliphatic imine (C=N–C) groups is 1. The smallest absolute Gasteiger partial charge is 0.296 e. The highest BCUT2D eigenvalue weighted by Gasteiger charge is 2.19.